The van der Waals surface area contributed by atoms with E-state index in [2.05, 4.69) is 10.3 Å². The number of amides is 1. The van der Waals surface area contributed by atoms with Gasteiger partial charge >= 0.3 is 0 Å². The second-order valence-corrected chi connectivity index (χ2v) is 8.83. The number of anilines is 1. The number of carbonyl (C=O) groups is 1. The van der Waals surface area contributed by atoms with Crippen molar-refractivity contribution in [1.29, 1.82) is 0 Å². The molecular weight excluding hydrogens is 453 g/mol. The molecule has 0 fully saturated rings. The lowest BCUT2D eigenvalue weighted by atomic mass is 10.0. The summed E-state index contributed by atoms with van der Waals surface area (Å²) in [6.45, 7) is 3.49. The number of aromatic nitrogens is 2. The number of benzene rings is 2. The van der Waals surface area contributed by atoms with Crippen molar-refractivity contribution >= 4 is 44.7 Å². The SMILES string of the molecule is COc1ccc(Cl)cc1NC(=O)C(C)n1cnc2sc(C)c(-c3ccc(F)cc3)c2c1=O. The summed E-state index contributed by atoms with van der Waals surface area (Å²) in [7, 11) is 1.49. The maximum atomic E-state index is 13.4. The Kier molecular flexibility index (Phi) is 5.99. The van der Waals surface area contributed by atoms with Crippen LogP contribution in [0.4, 0.5) is 10.1 Å². The molecule has 0 radical (unpaired) electrons. The van der Waals surface area contributed by atoms with Gasteiger partial charge in [-0.3, -0.25) is 14.2 Å². The molecule has 1 amide bonds. The van der Waals surface area contributed by atoms with Gasteiger partial charge in [0.05, 0.1) is 24.5 Å². The van der Waals surface area contributed by atoms with Gasteiger partial charge in [0.15, 0.2) is 0 Å². The van der Waals surface area contributed by atoms with E-state index in [0.717, 1.165) is 4.88 Å². The summed E-state index contributed by atoms with van der Waals surface area (Å²) in [6, 6.07) is 9.96. The molecule has 0 aliphatic carbocycles. The quantitative estimate of drug-likeness (QED) is 0.421. The number of nitrogens with one attached hydrogen (secondary N) is 1. The van der Waals surface area contributed by atoms with E-state index in [9.17, 15) is 14.0 Å². The summed E-state index contributed by atoms with van der Waals surface area (Å²) in [5.74, 6) is -0.338. The van der Waals surface area contributed by atoms with Crippen LogP contribution < -0.4 is 15.6 Å². The first-order valence-electron chi connectivity index (χ1n) is 9.70. The van der Waals surface area contributed by atoms with E-state index in [-0.39, 0.29) is 11.4 Å². The van der Waals surface area contributed by atoms with Crippen molar-refractivity contribution in [1.82, 2.24) is 9.55 Å². The van der Waals surface area contributed by atoms with E-state index in [0.29, 0.717) is 37.8 Å². The highest BCUT2D eigenvalue weighted by Crippen LogP contribution is 2.35. The van der Waals surface area contributed by atoms with Gasteiger partial charge in [0.1, 0.15) is 22.4 Å². The average molecular weight is 472 g/mol. The van der Waals surface area contributed by atoms with Crippen LogP contribution in [-0.4, -0.2) is 22.6 Å². The monoisotopic (exact) mass is 471 g/mol. The first-order chi connectivity index (χ1) is 15.3. The molecule has 0 spiro atoms. The first-order valence-corrected chi connectivity index (χ1v) is 10.9. The molecule has 2 heterocycles. The van der Waals surface area contributed by atoms with Gasteiger partial charge in [-0.05, 0) is 49.7 Å². The molecule has 1 N–H and O–H groups in total. The summed E-state index contributed by atoms with van der Waals surface area (Å²) in [6.07, 6.45) is 1.37. The molecule has 0 saturated carbocycles. The number of hydrogen-bond acceptors (Lipinski definition) is 5. The summed E-state index contributed by atoms with van der Waals surface area (Å²) in [5.41, 5.74) is 1.46. The van der Waals surface area contributed by atoms with Crippen LogP contribution in [0.1, 0.15) is 17.8 Å². The van der Waals surface area contributed by atoms with E-state index in [1.807, 2.05) is 6.92 Å². The van der Waals surface area contributed by atoms with E-state index in [1.54, 1.807) is 37.3 Å². The molecule has 2 aromatic carbocycles. The third-order valence-electron chi connectivity index (χ3n) is 5.16. The Balaban J connectivity index is 1.75. The van der Waals surface area contributed by atoms with Crippen molar-refractivity contribution in [3.05, 3.63) is 74.9 Å². The molecular formula is C23H19ClFN3O3S. The second-order valence-electron chi connectivity index (χ2n) is 7.19. The largest absolute Gasteiger partial charge is 0.495 e. The summed E-state index contributed by atoms with van der Waals surface area (Å²) in [5, 5.41) is 3.60. The van der Waals surface area contributed by atoms with Gasteiger partial charge in [0, 0.05) is 15.5 Å². The Morgan fingerprint density at radius 3 is 2.66 bits per heavy atom. The first kappa shape index (κ1) is 22.0. The lowest BCUT2D eigenvalue weighted by Gasteiger charge is -2.16. The third-order valence-corrected chi connectivity index (χ3v) is 6.41. The van der Waals surface area contributed by atoms with Crippen molar-refractivity contribution in [2.75, 3.05) is 12.4 Å². The van der Waals surface area contributed by atoms with Crippen molar-refractivity contribution in [2.24, 2.45) is 0 Å². The fourth-order valence-electron chi connectivity index (χ4n) is 3.50. The topological polar surface area (TPSA) is 73.2 Å². The summed E-state index contributed by atoms with van der Waals surface area (Å²) in [4.78, 5) is 32.2. The number of hydrogen-bond donors (Lipinski definition) is 1. The molecule has 0 saturated heterocycles. The number of ether oxygens (including phenoxy) is 1. The van der Waals surface area contributed by atoms with Crippen LogP contribution in [0.5, 0.6) is 5.75 Å². The van der Waals surface area contributed by atoms with Crippen molar-refractivity contribution < 1.29 is 13.9 Å². The van der Waals surface area contributed by atoms with Crippen LogP contribution >= 0.6 is 22.9 Å². The Morgan fingerprint density at radius 2 is 1.97 bits per heavy atom. The number of halogens is 2. The Hall–Kier alpha value is -3.23. The lowest BCUT2D eigenvalue weighted by molar-refractivity contribution is -0.118. The Morgan fingerprint density at radius 1 is 1.25 bits per heavy atom. The van der Waals surface area contributed by atoms with Crippen LogP contribution in [-0.2, 0) is 4.79 Å². The second kappa shape index (κ2) is 8.72. The highest BCUT2D eigenvalue weighted by Gasteiger charge is 2.22. The van der Waals surface area contributed by atoms with Crippen LogP contribution in [0.2, 0.25) is 5.02 Å². The molecule has 0 aliphatic rings. The van der Waals surface area contributed by atoms with Crippen molar-refractivity contribution in [2.45, 2.75) is 19.9 Å². The van der Waals surface area contributed by atoms with E-state index >= 15 is 0 Å². The molecule has 9 heteroatoms. The predicted molar refractivity (Wildman–Crippen MR) is 125 cm³/mol. The van der Waals surface area contributed by atoms with Crippen molar-refractivity contribution in [3.8, 4) is 16.9 Å². The smallest absolute Gasteiger partial charge is 0.263 e. The zero-order valence-corrected chi connectivity index (χ0v) is 19.1. The van der Waals surface area contributed by atoms with Crippen LogP contribution in [0.25, 0.3) is 21.3 Å². The fourth-order valence-corrected chi connectivity index (χ4v) is 4.67. The molecule has 0 aliphatic heterocycles. The molecule has 1 atom stereocenters. The van der Waals surface area contributed by atoms with Gasteiger partial charge in [-0.15, -0.1) is 11.3 Å². The molecule has 32 heavy (non-hydrogen) atoms. The standard InChI is InChI=1S/C23H19ClFN3O3S/c1-12(21(29)27-17-10-15(24)6-9-18(17)31-3)28-11-26-22-20(23(28)30)19(13(2)32-22)14-4-7-16(25)8-5-14/h4-12H,1-3H3,(H,27,29). The maximum absolute atomic E-state index is 13.4. The number of aryl methyl sites for hydroxylation is 1. The number of carbonyl (C=O) groups excluding carboxylic acids is 1. The fraction of sp³-hybridized carbons (Fsp3) is 0.174. The number of methoxy groups -OCH3 is 1. The van der Waals surface area contributed by atoms with Gasteiger partial charge in [0.25, 0.3) is 5.56 Å². The minimum atomic E-state index is -0.857. The third kappa shape index (κ3) is 3.99. The molecule has 164 valence electrons. The normalized spacial score (nSPS) is 12.0. The van der Waals surface area contributed by atoms with Gasteiger partial charge in [-0.1, -0.05) is 23.7 Å². The van der Waals surface area contributed by atoms with Crippen LogP contribution in [0.15, 0.2) is 53.6 Å². The van der Waals surface area contributed by atoms with E-state index in [4.69, 9.17) is 16.3 Å². The molecule has 4 aromatic rings. The molecule has 2 aromatic heterocycles. The number of nitrogens with zero attached hydrogens (tertiary/aromatic N) is 2. The summed E-state index contributed by atoms with van der Waals surface area (Å²) >= 11 is 7.42. The van der Waals surface area contributed by atoms with Gasteiger partial charge < -0.3 is 10.1 Å². The van der Waals surface area contributed by atoms with Gasteiger partial charge in [-0.2, -0.15) is 0 Å². The number of rotatable bonds is 5. The lowest BCUT2D eigenvalue weighted by Crippen LogP contribution is -2.31. The summed E-state index contributed by atoms with van der Waals surface area (Å²) < 4.78 is 20.0. The van der Waals surface area contributed by atoms with Gasteiger partial charge in [0.2, 0.25) is 5.91 Å². The van der Waals surface area contributed by atoms with Crippen LogP contribution in [0.3, 0.4) is 0 Å². The van der Waals surface area contributed by atoms with E-state index < -0.39 is 11.9 Å². The zero-order valence-electron chi connectivity index (χ0n) is 17.5. The number of thiophene rings is 1. The molecule has 0 bridgehead atoms. The Bertz CT molecular complexity index is 1380. The minimum absolute atomic E-state index is 0.348. The number of fused-ring (bicyclic) bond motifs is 1. The van der Waals surface area contributed by atoms with Crippen LogP contribution in [0, 0.1) is 12.7 Å². The maximum Gasteiger partial charge on any atom is 0.263 e. The molecule has 4 rings (SSSR count). The van der Waals surface area contributed by atoms with E-state index in [1.165, 1.54) is 41.5 Å². The zero-order chi connectivity index (χ0) is 23.0. The van der Waals surface area contributed by atoms with Gasteiger partial charge in [-0.25, -0.2) is 9.37 Å². The predicted octanol–water partition coefficient (Wildman–Crippen LogP) is 5.43. The highest BCUT2D eigenvalue weighted by atomic mass is 35.5. The van der Waals surface area contributed by atoms with Crippen molar-refractivity contribution in [3.63, 3.8) is 0 Å². The average Bonchev–Trinajstić information content (AvgIpc) is 3.11. The Labute approximate surface area is 192 Å². The molecule has 1 unspecified atom stereocenters. The minimum Gasteiger partial charge on any atom is -0.495 e. The highest BCUT2D eigenvalue weighted by molar-refractivity contribution is 7.19. The molecule has 6 nitrogen and oxygen atoms in total.